The number of Topliss-reactive ketones (excluding diaryl/α,β-unsaturated/α-hetero) is 1. The molecule has 3 fully saturated rings. The lowest BCUT2D eigenvalue weighted by Crippen LogP contribution is -2.46. The third-order valence-electron chi connectivity index (χ3n) is 15.3. The number of hydrogen-bond acceptors (Lipinski definition) is 17. The summed E-state index contributed by atoms with van der Waals surface area (Å²) in [6.45, 7) is 12.5. The molecule has 9 rings (SSSR count). The van der Waals surface area contributed by atoms with Crippen LogP contribution < -0.4 is 5.32 Å². The molecule has 3 saturated heterocycles. The van der Waals surface area contributed by atoms with Gasteiger partial charge in [-0.3, -0.25) is 4.79 Å². The zero-order chi connectivity index (χ0) is 57.5. The molecule has 6 heterocycles. The zero-order valence-corrected chi connectivity index (χ0v) is 47.0. The minimum absolute atomic E-state index is 0.0535. The molecular weight excluding hydrogens is 1030 g/mol. The fraction of sp³-hybridized carbons (Fsp3) is 0.435. The van der Waals surface area contributed by atoms with Crippen molar-refractivity contribution in [3.05, 3.63) is 179 Å². The number of likely N-dealkylation sites (tertiary alicyclic amines) is 2. The van der Waals surface area contributed by atoms with Crippen LogP contribution in [0.1, 0.15) is 131 Å². The monoisotopic (exact) mass is 1110 g/mol. The van der Waals surface area contributed by atoms with E-state index in [0.717, 1.165) is 63.9 Å². The van der Waals surface area contributed by atoms with E-state index in [1.807, 2.05) is 49.4 Å². The summed E-state index contributed by atoms with van der Waals surface area (Å²) in [6.07, 6.45) is 15.8. The van der Waals surface area contributed by atoms with Crippen LogP contribution in [0.15, 0.2) is 128 Å². The van der Waals surface area contributed by atoms with Gasteiger partial charge in [-0.25, -0.2) is 49.1 Å². The Morgan fingerprint density at radius 2 is 0.741 bits per heavy atom. The van der Waals surface area contributed by atoms with Gasteiger partial charge >= 0.3 is 24.1 Å². The summed E-state index contributed by atoms with van der Waals surface area (Å²) in [6, 6.07) is 31.1. The molecule has 0 spiro atoms. The van der Waals surface area contributed by atoms with Crippen molar-refractivity contribution in [1.82, 2.24) is 45.0 Å². The van der Waals surface area contributed by atoms with Crippen LogP contribution in [-0.4, -0.2) is 147 Å². The van der Waals surface area contributed by atoms with E-state index in [1.54, 1.807) is 43.0 Å². The highest BCUT2D eigenvalue weighted by atomic mass is 16.6. The maximum absolute atomic E-state index is 12.1. The van der Waals surface area contributed by atoms with Crippen molar-refractivity contribution in [2.24, 2.45) is 0 Å². The molecule has 3 aliphatic rings. The number of aromatic nitrogens is 6. The van der Waals surface area contributed by atoms with Crippen LogP contribution in [0.4, 0.5) is 9.59 Å². The van der Waals surface area contributed by atoms with Crippen molar-refractivity contribution in [3.8, 4) is 0 Å². The van der Waals surface area contributed by atoms with Gasteiger partial charge in [0, 0.05) is 98.9 Å². The van der Waals surface area contributed by atoms with Crippen molar-refractivity contribution in [2.45, 2.75) is 102 Å². The van der Waals surface area contributed by atoms with E-state index in [0.29, 0.717) is 93.8 Å². The fourth-order valence-electron chi connectivity index (χ4n) is 10.8. The number of ketones is 1. The Hall–Kier alpha value is -8.03. The first-order valence-corrected chi connectivity index (χ1v) is 28.0. The molecule has 0 atom stereocenters. The Bertz CT molecular complexity index is 2920. The summed E-state index contributed by atoms with van der Waals surface area (Å²) in [7, 11) is 0. The number of carbonyl (C=O) groups excluding carboxylic acids is 5. The third kappa shape index (κ3) is 16.3. The Kier molecular flexibility index (Phi) is 22.4. The van der Waals surface area contributed by atoms with E-state index in [4.69, 9.17) is 24.1 Å². The minimum Gasteiger partial charge on any atom is -0.462 e. The summed E-state index contributed by atoms with van der Waals surface area (Å²) in [5, 5.41) is 12.4. The highest BCUT2D eigenvalue weighted by Crippen LogP contribution is 2.40. The zero-order valence-electron chi connectivity index (χ0n) is 47.0. The molecule has 0 aliphatic carbocycles. The maximum Gasteiger partial charge on any atom is 0.409 e. The molecule has 0 saturated carbocycles. The van der Waals surface area contributed by atoms with Gasteiger partial charge in [-0.15, -0.1) is 0 Å². The van der Waals surface area contributed by atoms with Crippen LogP contribution in [0.2, 0.25) is 0 Å². The van der Waals surface area contributed by atoms with Gasteiger partial charge < -0.3 is 39.2 Å². The highest BCUT2D eigenvalue weighted by Gasteiger charge is 2.41. The van der Waals surface area contributed by atoms with E-state index in [9.17, 15) is 24.0 Å². The number of hydrogen-bond donors (Lipinski definition) is 2. The van der Waals surface area contributed by atoms with Crippen LogP contribution in [0, 0.1) is 0 Å². The molecule has 6 aromatic rings. The Balaban J connectivity index is 0.000000176. The molecule has 2 N–H and O–H groups in total. The summed E-state index contributed by atoms with van der Waals surface area (Å²) in [5.41, 5.74) is 4.49. The number of ether oxygens (including phenoxy) is 4. The van der Waals surface area contributed by atoms with Gasteiger partial charge in [-0.2, -0.15) is 0 Å². The lowest BCUT2D eigenvalue weighted by Gasteiger charge is -2.41. The Morgan fingerprint density at radius 1 is 0.444 bits per heavy atom. The molecule has 19 heteroatoms. The van der Waals surface area contributed by atoms with Gasteiger partial charge in [0.2, 0.25) is 0 Å². The second-order valence-electron chi connectivity index (χ2n) is 20.3. The first-order valence-electron chi connectivity index (χ1n) is 28.0. The summed E-state index contributed by atoms with van der Waals surface area (Å²) in [5.74, 6) is 0.901. The number of rotatable bonds is 17. The van der Waals surface area contributed by atoms with E-state index >= 15 is 0 Å². The molecule has 3 aliphatic heterocycles. The fourth-order valence-corrected chi connectivity index (χ4v) is 10.8. The molecule has 19 nitrogen and oxygen atoms in total. The molecule has 3 aromatic carbocycles. The normalized spacial score (nSPS) is 16.0. The second kappa shape index (κ2) is 30.0. The number of aliphatic hydroxyl groups is 1. The average Bonchev–Trinajstić information content (AvgIpc) is 3.71. The molecule has 0 unspecified atom stereocenters. The number of esters is 2. The molecule has 0 bridgehead atoms. The van der Waals surface area contributed by atoms with Crippen LogP contribution in [-0.2, 0) is 54.5 Å². The number of amides is 2. The Labute approximate surface area is 474 Å². The topological polar surface area (TPSA) is 238 Å². The van der Waals surface area contributed by atoms with Crippen LogP contribution >= 0.6 is 0 Å². The van der Waals surface area contributed by atoms with Crippen molar-refractivity contribution in [3.63, 3.8) is 0 Å². The number of benzene rings is 3. The predicted molar refractivity (Wildman–Crippen MR) is 303 cm³/mol. The summed E-state index contributed by atoms with van der Waals surface area (Å²) < 4.78 is 20.2. The first kappa shape index (κ1) is 60.6. The van der Waals surface area contributed by atoms with E-state index in [2.05, 4.69) is 83.8 Å². The van der Waals surface area contributed by atoms with Gasteiger partial charge in [0.05, 0.1) is 43.1 Å². The standard InChI is InChI=1S/C22H27N3O4.C21H25N3O4.C19H23N3O2/c1-3-28-20(26)17-15-23-19(24-16-17)14-22(18-8-6-5-7-9-18)10-12-25(13-11-22)21(27)29-4-2;1-2-28-20(27)24-10-8-21(9-11-24,17-6-4-3-5-7-17)12-19-22-13-16(14-23-19)18(26)15-25;1-2-24-18(23)15-13-21-17(22-14-15)12-19(8-10-20-11-9-19)16-6-4-3-5-7-16/h5-9,15-16H,3-4,10-14H2,1-2H3;3-7,13-14,25H,2,8-12,15H2,1H3;3-7,13-14,20H,2,8-12H2,1H3. The average molecular weight is 1110 g/mol. The van der Waals surface area contributed by atoms with E-state index in [1.165, 1.54) is 41.5 Å². The number of aliphatic hydroxyl groups excluding tert-OH is 1. The Morgan fingerprint density at radius 3 is 1.04 bits per heavy atom. The maximum atomic E-state index is 12.1. The van der Waals surface area contributed by atoms with Gasteiger partial charge in [-0.1, -0.05) is 91.0 Å². The quantitative estimate of drug-likeness (QED) is 0.0496. The number of piperidine rings is 3. The molecule has 2 amide bonds. The van der Waals surface area contributed by atoms with Crippen LogP contribution in [0.5, 0.6) is 0 Å². The van der Waals surface area contributed by atoms with Crippen molar-refractivity contribution in [2.75, 3.05) is 72.3 Å². The van der Waals surface area contributed by atoms with Crippen molar-refractivity contribution < 1.29 is 48.0 Å². The van der Waals surface area contributed by atoms with Gasteiger partial charge in [0.1, 0.15) is 24.1 Å². The van der Waals surface area contributed by atoms with E-state index < -0.39 is 18.4 Å². The second-order valence-corrected chi connectivity index (χ2v) is 20.3. The molecule has 3 aromatic heterocycles. The number of carbonyl (C=O) groups is 5. The van der Waals surface area contributed by atoms with Crippen molar-refractivity contribution in [1.29, 1.82) is 0 Å². The van der Waals surface area contributed by atoms with Crippen molar-refractivity contribution >= 4 is 29.9 Å². The van der Waals surface area contributed by atoms with E-state index in [-0.39, 0.29) is 34.4 Å². The van der Waals surface area contributed by atoms with Gasteiger partial charge in [0.15, 0.2) is 5.78 Å². The SMILES string of the molecule is CCOC(=O)N1CCC(Cc2ncc(C(=O)CO)cn2)(c2ccccc2)CC1.CCOC(=O)c1cnc(CC2(c3ccccc3)CCN(C(=O)OCC)CC2)nc1.CCOC(=O)c1cnc(CC2(c3ccccc3)CCNCC2)nc1. The number of nitrogens with zero attached hydrogens (tertiary/aromatic N) is 8. The molecule has 0 radical (unpaired) electrons. The largest absolute Gasteiger partial charge is 0.462 e. The minimum atomic E-state index is -0.555. The van der Waals surface area contributed by atoms with Crippen LogP contribution in [0.25, 0.3) is 0 Å². The summed E-state index contributed by atoms with van der Waals surface area (Å²) >= 11 is 0. The predicted octanol–water partition coefficient (Wildman–Crippen LogP) is 8.29. The number of nitrogens with one attached hydrogen (secondary N) is 1. The van der Waals surface area contributed by atoms with Gasteiger partial charge in [0.25, 0.3) is 0 Å². The first-order chi connectivity index (χ1) is 39.4. The smallest absolute Gasteiger partial charge is 0.409 e. The lowest BCUT2D eigenvalue weighted by molar-refractivity contribution is 0.0515. The third-order valence-corrected chi connectivity index (χ3v) is 15.3. The molecule has 81 heavy (non-hydrogen) atoms. The van der Waals surface area contributed by atoms with Gasteiger partial charge in [-0.05, 0) is 96.0 Å². The van der Waals surface area contributed by atoms with Crippen LogP contribution in [0.3, 0.4) is 0 Å². The molecule has 428 valence electrons. The highest BCUT2D eigenvalue weighted by molar-refractivity contribution is 5.96. The summed E-state index contributed by atoms with van der Waals surface area (Å²) in [4.78, 5) is 89.1. The lowest BCUT2D eigenvalue weighted by atomic mass is 9.70. The molecular formula is C62H75N9O10.